The van der Waals surface area contributed by atoms with E-state index in [9.17, 15) is 18.8 Å². The Bertz CT molecular complexity index is 866. The molecule has 2 N–H and O–H groups in total. The van der Waals surface area contributed by atoms with Crippen molar-refractivity contribution in [3.8, 4) is 0 Å². The fourth-order valence-electron chi connectivity index (χ4n) is 3.19. The van der Waals surface area contributed by atoms with Crippen molar-refractivity contribution in [3.05, 3.63) is 66.0 Å². The van der Waals surface area contributed by atoms with Crippen molar-refractivity contribution in [2.45, 2.75) is 12.8 Å². The van der Waals surface area contributed by atoms with Gasteiger partial charge >= 0.3 is 6.03 Å². The van der Waals surface area contributed by atoms with E-state index in [1.165, 1.54) is 24.3 Å². The number of hydrogen-bond acceptors (Lipinski definition) is 3. The Hall–Kier alpha value is -3.42. The number of anilines is 1. The van der Waals surface area contributed by atoms with Gasteiger partial charge in [0.05, 0.1) is 0 Å². The highest BCUT2D eigenvalue weighted by atomic mass is 19.1. The Labute approximate surface area is 174 Å². The Kier molecular flexibility index (Phi) is 7.37. The van der Waals surface area contributed by atoms with Crippen molar-refractivity contribution in [2.75, 3.05) is 38.0 Å². The van der Waals surface area contributed by atoms with Crippen LogP contribution in [0.3, 0.4) is 0 Å². The van der Waals surface area contributed by atoms with Crippen molar-refractivity contribution in [3.63, 3.8) is 0 Å². The third kappa shape index (κ3) is 6.04. The minimum absolute atomic E-state index is 0.0163. The standard InChI is InChI=1S/C22H25FN4O3/c23-18-8-10-19(11-9-18)25-22(30)27-15-13-26(14-16-27)20(28)7-4-12-24-21(29)17-5-2-1-3-6-17/h1-3,5-6,8-11H,4,7,12-16H2,(H,24,29)(H,25,30). The van der Waals surface area contributed by atoms with E-state index in [2.05, 4.69) is 10.6 Å². The van der Waals surface area contributed by atoms with Crippen LogP contribution in [0.1, 0.15) is 23.2 Å². The Morgan fingerprint density at radius 1 is 0.867 bits per heavy atom. The Morgan fingerprint density at radius 2 is 1.50 bits per heavy atom. The summed E-state index contributed by atoms with van der Waals surface area (Å²) in [6, 6.07) is 14.3. The molecule has 0 radical (unpaired) electrons. The maximum absolute atomic E-state index is 12.9. The monoisotopic (exact) mass is 412 g/mol. The van der Waals surface area contributed by atoms with E-state index in [1.807, 2.05) is 6.07 Å². The Morgan fingerprint density at radius 3 is 2.17 bits per heavy atom. The first kappa shape index (κ1) is 21.3. The summed E-state index contributed by atoms with van der Waals surface area (Å²) in [4.78, 5) is 40.0. The van der Waals surface area contributed by atoms with Crippen LogP contribution in [0, 0.1) is 5.82 Å². The zero-order valence-corrected chi connectivity index (χ0v) is 16.6. The first-order chi connectivity index (χ1) is 14.5. The van der Waals surface area contributed by atoms with Gasteiger partial charge in [-0.25, -0.2) is 9.18 Å². The zero-order chi connectivity index (χ0) is 21.3. The summed E-state index contributed by atoms with van der Waals surface area (Å²) in [6.07, 6.45) is 0.902. The third-order valence-corrected chi connectivity index (χ3v) is 4.90. The lowest BCUT2D eigenvalue weighted by Crippen LogP contribution is -2.51. The average Bonchev–Trinajstić information content (AvgIpc) is 2.78. The van der Waals surface area contributed by atoms with Gasteiger partial charge in [0, 0.05) is 50.4 Å². The fraction of sp³-hybridized carbons (Fsp3) is 0.318. The summed E-state index contributed by atoms with van der Waals surface area (Å²) in [5, 5.41) is 5.54. The summed E-state index contributed by atoms with van der Waals surface area (Å²) in [6.45, 7) is 2.23. The SMILES string of the molecule is O=C(NCCCC(=O)N1CCN(C(=O)Nc2ccc(F)cc2)CC1)c1ccccc1. The highest BCUT2D eigenvalue weighted by Gasteiger charge is 2.23. The van der Waals surface area contributed by atoms with Crippen molar-refractivity contribution in [1.29, 1.82) is 0 Å². The van der Waals surface area contributed by atoms with Crippen LogP contribution in [-0.2, 0) is 4.79 Å². The number of halogens is 1. The molecule has 3 rings (SSSR count). The van der Waals surface area contributed by atoms with Gasteiger partial charge in [0.2, 0.25) is 5.91 Å². The third-order valence-electron chi connectivity index (χ3n) is 4.90. The molecule has 0 atom stereocenters. The van der Waals surface area contributed by atoms with Crippen molar-refractivity contribution in [2.24, 2.45) is 0 Å². The number of benzene rings is 2. The van der Waals surface area contributed by atoms with E-state index >= 15 is 0 Å². The van der Waals surface area contributed by atoms with E-state index in [-0.39, 0.29) is 23.7 Å². The number of hydrogen-bond donors (Lipinski definition) is 2. The number of amides is 4. The van der Waals surface area contributed by atoms with Gasteiger partial charge in [0.25, 0.3) is 5.91 Å². The molecule has 0 spiro atoms. The number of urea groups is 1. The molecule has 0 bridgehead atoms. The average molecular weight is 412 g/mol. The predicted molar refractivity (Wildman–Crippen MR) is 112 cm³/mol. The predicted octanol–water partition coefficient (Wildman–Crippen LogP) is 2.71. The molecule has 0 aromatic heterocycles. The van der Waals surface area contributed by atoms with Gasteiger partial charge < -0.3 is 20.4 Å². The van der Waals surface area contributed by atoms with Crippen LogP contribution in [0.5, 0.6) is 0 Å². The van der Waals surface area contributed by atoms with Crippen LogP contribution in [0.15, 0.2) is 54.6 Å². The van der Waals surface area contributed by atoms with Crippen LogP contribution in [0.25, 0.3) is 0 Å². The van der Waals surface area contributed by atoms with Gasteiger partial charge in [-0.15, -0.1) is 0 Å². The Balaban J connectivity index is 1.34. The van der Waals surface area contributed by atoms with Gasteiger partial charge in [-0.1, -0.05) is 18.2 Å². The molecule has 1 fully saturated rings. The first-order valence-electron chi connectivity index (χ1n) is 9.95. The van der Waals surface area contributed by atoms with E-state index in [1.54, 1.807) is 34.1 Å². The van der Waals surface area contributed by atoms with Crippen LogP contribution in [0.4, 0.5) is 14.9 Å². The molecule has 2 aromatic carbocycles. The van der Waals surface area contributed by atoms with E-state index in [0.29, 0.717) is 56.8 Å². The smallest absolute Gasteiger partial charge is 0.321 e. The summed E-state index contributed by atoms with van der Waals surface area (Å²) >= 11 is 0. The van der Waals surface area contributed by atoms with E-state index < -0.39 is 0 Å². The molecular formula is C22H25FN4O3. The second kappa shape index (κ2) is 10.4. The zero-order valence-electron chi connectivity index (χ0n) is 16.6. The van der Waals surface area contributed by atoms with Crippen LogP contribution < -0.4 is 10.6 Å². The van der Waals surface area contributed by atoms with E-state index in [0.717, 1.165) is 0 Å². The molecule has 8 heteroatoms. The second-order valence-electron chi connectivity index (χ2n) is 7.03. The molecule has 4 amide bonds. The second-order valence-corrected chi connectivity index (χ2v) is 7.03. The number of rotatable bonds is 6. The molecule has 0 saturated carbocycles. The molecule has 0 unspecified atom stereocenters. The lowest BCUT2D eigenvalue weighted by atomic mass is 10.2. The molecule has 1 aliphatic heterocycles. The van der Waals surface area contributed by atoms with Crippen LogP contribution >= 0.6 is 0 Å². The molecular weight excluding hydrogens is 387 g/mol. The number of nitrogens with one attached hydrogen (secondary N) is 2. The minimum atomic E-state index is -0.361. The normalized spacial score (nSPS) is 13.6. The molecule has 2 aromatic rings. The molecule has 0 aliphatic carbocycles. The maximum Gasteiger partial charge on any atom is 0.321 e. The van der Waals surface area contributed by atoms with Crippen molar-refractivity contribution < 1.29 is 18.8 Å². The first-order valence-corrected chi connectivity index (χ1v) is 9.95. The highest BCUT2D eigenvalue weighted by molar-refractivity contribution is 5.94. The number of piperazine rings is 1. The largest absolute Gasteiger partial charge is 0.352 e. The topological polar surface area (TPSA) is 81.8 Å². The summed E-state index contributed by atoms with van der Waals surface area (Å²) in [7, 11) is 0. The van der Waals surface area contributed by atoms with Gasteiger partial charge in [-0.05, 0) is 42.8 Å². The van der Waals surface area contributed by atoms with Gasteiger partial charge in [0.15, 0.2) is 0 Å². The van der Waals surface area contributed by atoms with Gasteiger partial charge in [0.1, 0.15) is 5.82 Å². The maximum atomic E-state index is 12.9. The fourth-order valence-corrected chi connectivity index (χ4v) is 3.19. The molecule has 1 saturated heterocycles. The van der Waals surface area contributed by atoms with Crippen LogP contribution in [0.2, 0.25) is 0 Å². The number of carbonyl (C=O) groups excluding carboxylic acids is 3. The lowest BCUT2D eigenvalue weighted by molar-refractivity contribution is -0.132. The van der Waals surface area contributed by atoms with Crippen molar-refractivity contribution >= 4 is 23.5 Å². The van der Waals surface area contributed by atoms with E-state index in [4.69, 9.17) is 0 Å². The summed E-state index contributed by atoms with van der Waals surface area (Å²) < 4.78 is 12.9. The van der Waals surface area contributed by atoms with Gasteiger partial charge in [-0.2, -0.15) is 0 Å². The van der Waals surface area contributed by atoms with Gasteiger partial charge in [-0.3, -0.25) is 9.59 Å². The lowest BCUT2D eigenvalue weighted by Gasteiger charge is -2.34. The highest BCUT2D eigenvalue weighted by Crippen LogP contribution is 2.11. The van der Waals surface area contributed by atoms with Crippen LogP contribution in [-0.4, -0.2) is 60.4 Å². The number of carbonyl (C=O) groups is 3. The summed E-state index contributed by atoms with van der Waals surface area (Å²) in [5.41, 5.74) is 1.12. The molecule has 1 aliphatic rings. The molecule has 7 nitrogen and oxygen atoms in total. The molecule has 30 heavy (non-hydrogen) atoms. The quantitative estimate of drug-likeness (QED) is 0.716. The van der Waals surface area contributed by atoms with Crippen molar-refractivity contribution in [1.82, 2.24) is 15.1 Å². The molecule has 158 valence electrons. The summed E-state index contributed by atoms with van der Waals surface area (Å²) in [5.74, 6) is -0.494. The number of nitrogens with zero attached hydrogens (tertiary/aromatic N) is 2. The molecule has 1 heterocycles. The minimum Gasteiger partial charge on any atom is -0.352 e.